The fourth-order valence-electron chi connectivity index (χ4n) is 5.94. The molecule has 1 fully saturated rings. The summed E-state index contributed by atoms with van der Waals surface area (Å²) in [6, 6.07) is 8.02. The Morgan fingerprint density at radius 3 is 3.10 bits per heavy atom. The topological polar surface area (TPSA) is 69.7 Å². The highest BCUT2D eigenvalue weighted by Gasteiger charge is 2.63. The van der Waals surface area contributed by atoms with Crippen LogP contribution in [0.2, 0.25) is 0 Å². The second kappa shape index (κ2) is 6.07. The quantitative estimate of drug-likeness (QED) is 0.813. The van der Waals surface area contributed by atoms with Crippen molar-refractivity contribution < 1.29 is 19.0 Å². The molecular formula is C23H22N2O4. The summed E-state index contributed by atoms with van der Waals surface area (Å²) in [4.78, 5) is 16.8. The lowest BCUT2D eigenvalue weighted by Gasteiger charge is -2.54. The number of carbonyl (C=O) groups excluding carboxylic acids is 1. The number of pyridine rings is 1. The number of nitrogens with one attached hydrogen (secondary N) is 1. The van der Waals surface area contributed by atoms with E-state index in [-0.39, 0.29) is 11.5 Å². The highest BCUT2D eigenvalue weighted by molar-refractivity contribution is 5.89. The maximum absolute atomic E-state index is 12.7. The van der Waals surface area contributed by atoms with Crippen LogP contribution in [-0.2, 0) is 16.6 Å². The zero-order valence-corrected chi connectivity index (χ0v) is 16.2. The van der Waals surface area contributed by atoms with Gasteiger partial charge in [0.1, 0.15) is 5.76 Å². The molecule has 2 aliphatic heterocycles. The van der Waals surface area contributed by atoms with Crippen molar-refractivity contribution in [2.45, 2.75) is 36.8 Å². The molecule has 6 rings (SSSR count). The molecule has 0 saturated carbocycles. The first-order valence-electron chi connectivity index (χ1n) is 10.1. The molecule has 4 unspecified atom stereocenters. The zero-order valence-electron chi connectivity index (χ0n) is 16.2. The monoisotopic (exact) mass is 390 g/mol. The summed E-state index contributed by atoms with van der Waals surface area (Å²) in [5, 5.41) is 3.71. The molecule has 148 valence electrons. The minimum absolute atomic E-state index is 0.174. The maximum Gasteiger partial charge on any atom is 0.344 e. The average Bonchev–Trinajstić information content (AvgIpc) is 3.09. The van der Waals surface area contributed by atoms with Gasteiger partial charge in [-0.1, -0.05) is 6.07 Å². The minimum Gasteiger partial charge on any atom is -0.493 e. The lowest BCUT2D eigenvalue weighted by molar-refractivity contribution is 0.0107. The summed E-state index contributed by atoms with van der Waals surface area (Å²) in [6.45, 7) is 0.931. The Balaban J connectivity index is 1.45. The highest BCUT2D eigenvalue weighted by Crippen LogP contribution is 2.62. The highest BCUT2D eigenvalue weighted by atomic mass is 16.6. The van der Waals surface area contributed by atoms with Crippen molar-refractivity contribution in [3.63, 3.8) is 0 Å². The van der Waals surface area contributed by atoms with Crippen LogP contribution < -0.4 is 14.8 Å². The number of allylic oxidation sites excluding steroid dienone is 1. The molecule has 1 aromatic carbocycles. The molecule has 2 aromatic rings. The molecule has 1 N–H and O–H groups in total. The molecule has 4 atom stereocenters. The molecule has 1 aromatic heterocycles. The molecule has 29 heavy (non-hydrogen) atoms. The Morgan fingerprint density at radius 1 is 1.34 bits per heavy atom. The summed E-state index contributed by atoms with van der Waals surface area (Å²) >= 11 is 0. The number of esters is 1. The fraction of sp³-hybridized carbons (Fsp3) is 0.391. The van der Waals surface area contributed by atoms with Gasteiger partial charge >= 0.3 is 5.97 Å². The third kappa shape index (κ3) is 2.20. The Bertz CT molecular complexity index is 1030. The van der Waals surface area contributed by atoms with Gasteiger partial charge in [0.15, 0.2) is 17.6 Å². The normalized spacial score (nSPS) is 30.7. The third-order valence-electron chi connectivity index (χ3n) is 7.07. The Labute approximate surface area is 168 Å². The fourth-order valence-corrected chi connectivity index (χ4v) is 5.94. The lowest BCUT2D eigenvalue weighted by Crippen LogP contribution is -2.63. The van der Waals surface area contributed by atoms with E-state index in [9.17, 15) is 4.79 Å². The minimum atomic E-state index is -0.396. The van der Waals surface area contributed by atoms with Gasteiger partial charge in [-0.3, -0.25) is 4.98 Å². The SMILES string of the molecule is COc1ccc2c3c1OC1C(OC(=O)c4cccnc4)=CCC4C(C2)NCCC314. The summed E-state index contributed by atoms with van der Waals surface area (Å²) in [5.74, 6) is 2.21. The van der Waals surface area contributed by atoms with Gasteiger partial charge in [0.25, 0.3) is 0 Å². The lowest BCUT2D eigenvalue weighted by atomic mass is 9.53. The van der Waals surface area contributed by atoms with Crippen LogP contribution in [0.1, 0.15) is 34.3 Å². The molecule has 6 nitrogen and oxygen atoms in total. The van der Waals surface area contributed by atoms with Crippen LogP contribution in [0.3, 0.4) is 0 Å². The van der Waals surface area contributed by atoms with E-state index in [4.69, 9.17) is 14.2 Å². The summed E-state index contributed by atoms with van der Waals surface area (Å²) in [5.41, 5.74) is 2.85. The van der Waals surface area contributed by atoms with Gasteiger partial charge in [-0.05, 0) is 61.6 Å². The van der Waals surface area contributed by atoms with Crippen LogP contribution in [0.5, 0.6) is 11.5 Å². The number of piperidine rings is 1. The first-order chi connectivity index (χ1) is 14.2. The van der Waals surface area contributed by atoms with Crippen molar-refractivity contribution in [1.29, 1.82) is 0 Å². The smallest absolute Gasteiger partial charge is 0.344 e. The largest absolute Gasteiger partial charge is 0.493 e. The van der Waals surface area contributed by atoms with Crippen molar-refractivity contribution >= 4 is 5.97 Å². The van der Waals surface area contributed by atoms with E-state index in [1.807, 2.05) is 12.1 Å². The van der Waals surface area contributed by atoms with E-state index < -0.39 is 5.97 Å². The van der Waals surface area contributed by atoms with Crippen LogP contribution in [0, 0.1) is 5.92 Å². The molecule has 1 spiro atoms. The van der Waals surface area contributed by atoms with Crippen molar-refractivity contribution in [3.05, 3.63) is 65.2 Å². The van der Waals surface area contributed by atoms with Gasteiger partial charge in [-0.25, -0.2) is 4.79 Å². The van der Waals surface area contributed by atoms with Gasteiger partial charge in [0, 0.05) is 29.4 Å². The van der Waals surface area contributed by atoms with Crippen molar-refractivity contribution in [1.82, 2.24) is 10.3 Å². The standard InChI is InChI=1S/C23H22N2O4/c1-27-17-6-4-13-11-16-15-5-7-18(28-22(26)14-3-2-9-24-12-14)21-23(15,8-10-25-16)19(13)20(17)29-21/h2-4,6-7,9,12,15-16,21,25H,5,8,10-11H2,1H3. The predicted octanol–water partition coefficient (Wildman–Crippen LogP) is 2.77. The number of carbonyl (C=O) groups is 1. The Kier molecular flexibility index (Phi) is 3.56. The van der Waals surface area contributed by atoms with Crippen LogP contribution in [-0.4, -0.2) is 36.8 Å². The van der Waals surface area contributed by atoms with Crippen LogP contribution in [0.4, 0.5) is 0 Å². The summed E-state index contributed by atoms with van der Waals surface area (Å²) in [6.07, 6.45) is 7.72. The van der Waals surface area contributed by atoms with E-state index in [0.29, 0.717) is 23.3 Å². The first kappa shape index (κ1) is 17.0. The molecule has 6 heteroatoms. The second-order valence-electron chi connectivity index (χ2n) is 8.26. The molecule has 1 saturated heterocycles. The van der Waals surface area contributed by atoms with E-state index in [2.05, 4.69) is 16.4 Å². The molecule has 2 aliphatic carbocycles. The van der Waals surface area contributed by atoms with Gasteiger partial charge < -0.3 is 19.5 Å². The number of nitrogens with zero attached hydrogens (tertiary/aromatic N) is 1. The molecular weight excluding hydrogens is 368 g/mol. The summed E-state index contributed by atoms with van der Waals surface area (Å²) < 4.78 is 18.0. The Morgan fingerprint density at radius 2 is 2.28 bits per heavy atom. The van der Waals surface area contributed by atoms with Gasteiger partial charge in [0.2, 0.25) is 0 Å². The maximum atomic E-state index is 12.7. The van der Waals surface area contributed by atoms with Crippen LogP contribution in [0.15, 0.2) is 48.5 Å². The summed E-state index contributed by atoms with van der Waals surface area (Å²) in [7, 11) is 1.67. The van der Waals surface area contributed by atoms with Crippen LogP contribution in [0.25, 0.3) is 0 Å². The molecule has 0 amide bonds. The third-order valence-corrected chi connectivity index (χ3v) is 7.07. The zero-order chi connectivity index (χ0) is 19.6. The van der Waals surface area contributed by atoms with Gasteiger partial charge in [-0.2, -0.15) is 0 Å². The van der Waals surface area contributed by atoms with Crippen molar-refractivity contribution in [3.8, 4) is 11.5 Å². The number of hydrogen-bond donors (Lipinski definition) is 1. The van der Waals surface area contributed by atoms with Crippen molar-refractivity contribution in [2.75, 3.05) is 13.7 Å². The van der Waals surface area contributed by atoms with Gasteiger partial charge in [-0.15, -0.1) is 0 Å². The van der Waals surface area contributed by atoms with E-state index >= 15 is 0 Å². The second-order valence-corrected chi connectivity index (χ2v) is 8.26. The number of aromatic nitrogens is 1. The first-order valence-corrected chi connectivity index (χ1v) is 10.1. The number of methoxy groups -OCH3 is 1. The number of hydrogen-bond acceptors (Lipinski definition) is 6. The van der Waals surface area contributed by atoms with E-state index in [0.717, 1.165) is 37.3 Å². The predicted molar refractivity (Wildman–Crippen MR) is 105 cm³/mol. The number of benzene rings is 1. The Hall–Kier alpha value is -2.86. The molecule has 4 aliphatic rings. The van der Waals surface area contributed by atoms with E-state index in [1.165, 1.54) is 17.3 Å². The number of rotatable bonds is 3. The average molecular weight is 390 g/mol. The van der Waals surface area contributed by atoms with E-state index in [1.54, 1.807) is 25.4 Å². The molecule has 0 radical (unpaired) electrons. The van der Waals surface area contributed by atoms with Crippen LogP contribution >= 0.6 is 0 Å². The molecule has 3 heterocycles. The molecule has 2 bridgehead atoms. The van der Waals surface area contributed by atoms with Gasteiger partial charge in [0.05, 0.1) is 12.7 Å². The number of ether oxygens (including phenoxy) is 3. The van der Waals surface area contributed by atoms with Crippen molar-refractivity contribution in [2.24, 2.45) is 5.92 Å².